The van der Waals surface area contributed by atoms with E-state index in [0.717, 1.165) is 16.6 Å². The van der Waals surface area contributed by atoms with Crippen LogP contribution in [-0.4, -0.2) is 15.8 Å². The molecule has 0 unspecified atom stereocenters. The molecule has 3 rings (SSSR count). The predicted molar refractivity (Wildman–Crippen MR) is 79.0 cm³/mol. The van der Waals surface area contributed by atoms with Crippen LogP contribution in [0.5, 0.6) is 0 Å². The number of pyridine rings is 2. The Kier molecular flexibility index (Phi) is 3.44. The summed E-state index contributed by atoms with van der Waals surface area (Å²) < 4.78 is 0. The molecule has 1 aromatic carbocycles. The van der Waals surface area contributed by atoms with Crippen molar-refractivity contribution in [2.75, 3.05) is 0 Å². The third-order valence-electron chi connectivity index (χ3n) is 3.05. The molecule has 0 saturated carbocycles. The maximum atomic E-state index is 12.2. The van der Waals surface area contributed by atoms with Gasteiger partial charge >= 0.3 is 0 Å². The van der Waals surface area contributed by atoms with Crippen LogP contribution in [0.25, 0.3) is 10.9 Å². The molecular weight excluding hydrogens is 272 g/mol. The maximum absolute atomic E-state index is 12.2. The van der Waals surface area contributed by atoms with Gasteiger partial charge in [0.05, 0.1) is 11.9 Å². The van der Waals surface area contributed by atoms with Gasteiger partial charge in [-0.2, -0.15) is 0 Å². The highest BCUT2D eigenvalue weighted by atomic mass is 35.5. The average Bonchev–Trinajstić information content (AvgIpc) is 2.47. The summed E-state index contributed by atoms with van der Waals surface area (Å²) >= 11 is 5.79. The Balaban J connectivity index is 1.87. The fraction of sp³-hybridized carbons (Fsp3) is 0.0625. The van der Waals surface area contributed by atoms with Crippen LogP contribution in [0.2, 0.25) is 5.15 Å². The number of hydrogen-bond acceptors (Lipinski definition) is 3. The van der Waals surface area contributed by atoms with Crippen molar-refractivity contribution >= 4 is 28.3 Å². The molecule has 0 atom stereocenters. The van der Waals surface area contributed by atoms with Crippen LogP contribution < -0.4 is 0 Å². The number of Topliss-reactive ketones (excluding diaryl/α,β-unsaturated/α-hetero) is 1. The predicted octanol–water partition coefficient (Wildman–Crippen LogP) is 3.71. The van der Waals surface area contributed by atoms with E-state index in [0.29, 0.717) is 10.7 Å². The molecule has 0 fully saturated rings. The van der Waals surface area contributed by atoms with Crippen molar-refractivity contribution in [1.29, 1.82) is 0 Å². The molecule has 20 heavy (non-hydrogen) atoms. The van der Waals surface area contributed by atoms with E-state index in [9.17, 15) is 4.79 Å². The molecule has 0 bridgehead atoms. The summed E-state index contributed by atoms with van der Waals surface area (Å²) in [5.41, 5.74) is 2.20. The van der Waals surface area contributed by atoms with Crippen LogP contribution in [0, 0.1) is 0 Å². The SMILES string of the molecule is O=C(Cc1ccc2ccccc2n1)c1ccnc(Cl)c1. The number of aromatic nitrogens is 2. The molecule has 0 aliphatic heterocycles. The maximum Gasteiger partial charge on any atom is 0.168 e. The van der Waals surface area contributed by atoms with Crippen LogP contribution in [0.3, 0.4) is 0 Å². The van der Waals surface area contributed by atoms with Gasteiger partial charge in [-0.25, -0.2) is 4.98 Å². The highest BCUT2D eigenvalue weighted by Gasteiger charge is 2.09. The molecule has 2 aromatic heterocycles. The number of carbonyl (C=O) groups is 1. The molecule has 0 saturated heterocycles. The van der Waals surface area contributed by atoms with Crippen LogP contribution in [0.15, 0.2) is 54.7 Å². The molecule has 4 heteroatoms. The number of hydrogen-bond donors (Lipinski definition) is 0. The summed E-state index contributed by atoms with van der Waals surface area (Å²) in [6, 6.07) is 14.9. The average molecular weight is 283 g/mol. The third kappa shape index (κ3) is 2.68. The van der Waals surface area contributed by atoms with Crippen molar-refractivity contribution in [2.24, 2.45) is 0 Å². The highest BCUT2D eigenvalue weighted by molar-refractivity contribution is 6.29. The number of fused-ring (bicyclic) bond motifs is 1. The van der Waals surface area contributed by atoms with E-state index in [4.69, 9.17) is 11.6 Å². The monoisotopic (exact) mass is 282 g/mol. The topological polar surface area (TPSA) is 42.9 Å². The first-order valence-electron chi connectivity index (χ1n) is 6.22. The van der Waals surface area contributed by atoms with Gasteiger partial charge in [0.2, 0.25) is 0 Å². The number of halogens is 1. The lowest BCUT2D eigenvalue weighted by atomic mass is 10.1. The van der Waals surface area contributed by atoms with Crippen molar-refractivity contribution in [3.8, 4) is 0 Å². The summed E-state index contributed by atoms with van der Waals surface area (Å²) in [6.07, 6.45) is 1.79. The first kappa shape index (κ1) is 12.8. The Bertz CT molecular complexity index is 786. The summed E-state index contributed by atoms with van der Waals surface area (Å²) in [6.45, 7) is 0. The molecule has 98 valence electrons. The van der Waals surface area contributed by atoms with E-state index in [2.05, 4.69) is 9.97 Å². The Hall–Kier alpha value is -2.26. The van der Waals surface area contributed by atoms with E-state index >= 15 is 0 Å². The lowest BCUT2D eigenvalue weighted by molar-refractivity contribution is 0.0992. The lowest BCUT2D eigenvalue weighted by Gasteiger charge is -2.03. The van der Waals surface area contributed by atoms with E-state index in [1.807, 2.05) is 36.4 Å². The second-order valence-electron chi connectivity index (χ2n) is 4.46. The molecule has 0 radical (unpaired) electrons. The van der Waals surface area contributed by atoms with E-state index < -0.39 is 0 Å². The minimum atomic E-state index is -0.0166. The van der Waals surface area contributed by atoms with Gasteiger partial charge in [0, 0.05) is 22.8 Å². The van der Waals surface area contributed by atoms with Crippen molar-refractivity contribution in [1.82, 2.24) is 9.97 Å². The van der Waals surface area contributed by atoms with Gasteiger partial charge < -0.3 is 0 Å². The molecular formula is C16H11ClN2O. The minimum absolute atomic E-state index is 0.0166. The van der Waals surface area contributed by atoms with Gasteiger partial charge in [-0.1, -0.05) is 35.9 Å². The molecule has 0 aliphatic rings. The largest absolute Gasteiger partial charge is 0.294 e. The van der Waals surface area contributed by atoms with Crippen molar-refractivity contribution in [2.45, 2.75) is 6.42 Å². The first-order valence-corrected chi connectivity index (χ1v) is 6.59. The van der Waals surface area contributed by atoms with Gasteiger partial charge in [0.15, 0.2) is 5.78 Å². The molecule has 0 spiro atoms. The number of para-hydroxylation sites is 1. The number of benzene rings is 1. The van der Waals surface area contributed by atoms with Crippen molar-refractivity contribution in [3.63, 3.8) is 0 Å². The number of rotatable bonds is 3. The van der Waals surface area contributed by atoms with E-state index in [1.165, 1.54) is 6.20 Å². The van der Waals surface area contributed by atoms with Crippen molar-refractivity contribution in [3.05, 3.63) is 71.1 Å². The van der Waals surface area contributed by atoms with E-state index in [-0.39, 0.29) is 12.2 Å². The highest BCUT2D eigenvalue weighted by Crippen LogP contribution is 2.14. The number of nitrogens with zero attached hydrogens (tertiary/aromatic N) is 2. The van der Waals surface area contributed by atoms with Crippen LogP contribution in [0.1, 0.15) is 16.1 Å². The second-order valence-corrected chi connectivity index (χ2v) is 4.85. The molecule has 0 N–H and O–H groups in total. The van der Waals surface area contributed by atoms with Gasteiger partial charge in [0.1, 0.15) is 5.15 Å². The first-order chi connectivity index (χ1) is 9.72. The van der Waals surface area contributed by atoms with Gasteiger partial charge in [-0.3, -0.25) is 9.78 Å². The smallest absolute Gasteiger partial charge is 0.168 e. The summed E-state index contributed by atoms with van der Waals surface area (Å²) in [7, 11) is 0. The molecule has 3 nitrogen and oxygen atoms in total. The Morgan fingerprint density at radius 3 is 2.80 bits per heavy atom. The fourth-order valence-electron chi connectivity index (χ4n) is 2.05. The normalized spacial score (nSPS) is 10.7. The lowest BCUT2D eigenvalue weighted by Crippen LogP contribution is -2.05. The molecule has 0 amide bonds. The van der Waals surface area contributed by atoms with Gasteiger partial charge in [-0.15, -0.1) is 0 Å². The van der Waals surface area contributed by atoms with Gasteiger partial charge in [-0.05, 0) is 24.3 Å². The quantitative estimate of drug-likeness (QED) is 0.543. The van der Waals surface area contributed by atoms with Crippen LogP contribution in [0.4, 0.5) is 0 Å². The van der Waals surface area contributed by atoms with Crippen molar-refractivity contribution < 1.29 is 4.79 Å². The number of ketones is 1. The second kappa shape index (κ2) is 5.39. The Morgan fingerprint density at radius 1 is 1.10 bits per heavy atom. The zero-order valence-electron chi connectivity index (χ0n) is 10.6. The number of carbonyl (C=O) groups excluding carboxylic acids is 1. The summed E-state index contributed by atoms with van der Waals surface area (Å²) in [4.78, 5) is 20.5. The van der Waals surface area contributed by atoms with Crippen LogP contribution in [-0.2, 0) is 6.42 Å². The Morgan fingerprint density at radius 2 is 1.95 bits per heavy atom. The Labute approximate surface area is 121 Å². The third-order valence-corrected chi connectivity index (χ3v) is 3.25. The minimum Gasteiger partial charge on any atom is -0.294 e. The van der Waals surface area contributed by atoms with E-state index in [1.54, 1.807) is 12.1 Å². The molecule has 3 aromatic rings. The summed E-state index contributed by atoms with van der Waals surface area (Å²) in [5, 5.41) is 1.39. The van der Waals surface area contributed by atoms with Crippen LogP contribution >= 0.6 is 11.6 Å². The molecule has 2 heterocycles. The van der Waals surface area contributed by atoms with Gasteiger partial charge in [0.25, 0.3) is 0 Å². The molecule has 0 aliphatic carbocycles. The fourth-order valence-corrected chi connectivity index (χ4v) is 2.22. The zero-order chi connectivity index (χ0) is 13.9. The summed E-state index contributed by atoms with van der Waals surface area (Å²) in [5.74, 6) is -0.0166. The standard InChI is InChI=1S/C16H11ClN2O/c17-16-9-12(7-8-18-16)15(20)10-13-6-5-11-3-1-2-4-14(11)19-13/h1-9H,10H2. The zero-order valence-corrected chi connectivity index (χ0v) is 11.3.